The van der Waals surface area contributed by atoms with E-state index in [4.69, 9.17) is 5.11 Å². The lowest BCUT2D eigenvalue weighted by molar-refractivity contribution is -0.125. The molecule has 3 heteroatoms. The topological polar surface area (TPSA) is 54.4 Å². The monoisotopic (exact) mass is 154 g/mol. The van der Waals surface area contributed by atoms with Gasteiger partial charge in [0.2, 0.25) is 0 Å². The molecular weight excluding hydrogens is 144 g/mol. The Hall–Kier alpha value is -0.960. The highest BCUT2D eigenvalue weighted by atomic mass is 16.3. The molecule has 3 nitrogen and oxygen atoms in total. The second-order valence-electron chi connectivity index (χ2n) is 2.62. The van der Waals surface area contributed by atoms with Crippen molar-refractivity contribution in [2.45, 2.75) is 12.8 Å². The van der Waals surface area contributed by atoms with Crippen LogP contribution in [0, 0.1) is 5.92 Å². The maximum Gasteiger partial charge on any atom is 0.159 e. The van der Waals surface area contributed by atoms with Gasteiger partial charge in [0.1, 0.15) is 0 Å². The van der Waals surface area contributed by atoms with E-state index in [-0.39, 0.29) is 30.5 Å². The molecule has 1 atom stereocenters. The molecule has 0 radical (unpaired) electrons. The van der Waals surface area contributed by atoms with Crippen molar-refractivity contribution in [2.75, 3.05) is 6.61 Å². The fraction of sp³-hybridized carbons (Fsp3) is 0.500. The zero-order valence-electron chi connectivity index (χ0n) is 6.12. The van der Waals surface area contributed by atoms with Crippen molar-refractivity contribution >= 4 is 11.6 Å². The number of hydrogen-bond donors (Lipinski definition) is 1. The number of aliphatic hydroxyl groups excluding tert-OH is 1. The van der Waals surface area contributed by atoms with Crippen LogP contribution < -0.4 is 0 Å². The standard InChI is InChI=1S/C8H10O3/c9-4-3-6-5-7(10)1-2-8(6)11/h1-2,6,9H,3-5H2. The predicted molar refractivity (Wildman–Crippen MR) is 39.0 cm³/mol. The van der Waals surface area contributed by atoms with E-state index in [9.17, 15) is 9.59 Å². The van der Waals surface area contributed by atoms with E-state index >= 15 is 0 Å². The predicted octanol–water partition coefficient (Wildman–Crippen LogP) is 0.0831. The van der Waals surface area contributed by atoms with Crippen molar-refractivity contribution in [1.29, 1.82) is 0 Å². The SMILES string of the molecule is O=C1C=CC(=O)C(CCO)C1. The van der Waals surface area contributed by atoms with Gasteiger partial charge in [-0.05, 0) is 18.6 Å². The summed E-state index contributed by atoms with van der Waals surface area (Å²) in [5.41, 5.74) is 0. The van der Waals surface area contributed by atoms with E-state index in [1.54, 1.807) is 0 Å². The Morgan fingerprint density at radius 1 is 1.45 bits per heavy atom. The summed E-state index contributed by atoms with van der Waals surface area (Å²) in [6.07, 6.45) is 3.26. The fourth-order valence-electron chi connectivity index (χ4n) is 1.12. The summed E-state index contributed by atoms with van der Waals surface area (Å²) in [4.78, 5) is 21.8. The summed E-state index contributed by atoms with van der Waals surface area (Å²) in [6, 6.07) is 0. The van der Waals surface area contributed by atoms with Crippen molar-refractivity contribution in [3.05, 3.63) is 12.2 Å². The summed E-state index contributed by atoms with van der Waals surface area (Å²) in [5.74, 6) is -0.348. The van der Waals surface area contributed by atoms with Gasteiger partial charge in [-0.3, -0.25) is 9.59 Å². The van der Waals surface area contributed by atoms with E-state index in [1.165, 1.54) is 12.2 Å². The first kappa shape index (κ1) is 8.14. The summed E-state index contributed by atoms with van der Waals surface area (Å²) in [6.45, 7) is -0.0302. The minimum Gasteiger partial charge on any atom is -0.396 e. The van der Waals surface area contributed by atoms with Crippen LogP contribution in [0.1, 0.15) is 12.8 Å². The number of rotatable bonds is 2. The summed E-state index contributed by atoms with van der Waals surface area (Å²) in [5, 5.41) is 8.53. The van der Waals surface area contributed by atoms with Crippen LogP contribution in [0.25, 0.3) is 0 Å². The van der Waals surface area contributed by atoms with Gasteiger partial charge in [-0.1, -0.05) is 0 Å². The zero-order valence-corrected chi connectivity index (χ0v) is 6.12. The zero-order chi connectivity index (χ0) is 8.27. The molecule has 1 unspecified atom stereocenters. The van der Waals surface area contributed by atoms with Gasteiger partial charge in [0.15, 0.2) is 11.6 Å². The average Bonchev–Trinajstić information content (AvgIpc) is 1.98. The Balaban J connectivity index is 2.60. The summed E-state index contributed by atoms with van der Waals surface area (Å²) < 4.78 is 0. The van der Waals surface area contributed by atoms with Gasteiger partial charge < -0.3 is 5.11 Å². The maximum absolute atomic E-state index is 11.0. The molecule has 1 aliphatic carbocycles. The molecule has 0 aliphatic heterocycles. The number of ketones is 2. The lowest BCUT2D eigenvalue weighted by Gasteiger charge is -2.13. The maximum atomic E-state index is 11.0. The van der Waals surface area contributed by atoms with Crippen LogP contribution >= 0.6 is 0 Å². The van der Waals surface area contributed by atoms with Crippen molar-refractivity contribution in [1.82, 2.24) is 0 Å². The third kappa shape index (κ3) is 1.98. The molecule has 0 heterocycles. The van der Waals surface area contributed by atoms with Gasteiger partial charge in [-0.15, -0.1) is 0 Å². The lowest BCUT2D eigenvalue weighted by atomic mass is 9.90. The second kappa shape index (κ2) is 3.44. The van der Waals surface area contributed by atoms with Crippen LogP contribution in [0.2, 0.25) is 0 Å². The van der Waals surface area contributed by atoms with E-state index in [1.807, 2.05) is 0 Å². The molecule has 60 valence electrons. The van der Waals surface area contributed by atoms with Crippen LogP contribution in [0.15, 0.2) is 12.2 Å². The minimum atomic E-state index is -0.280. The van der Waals surface area contributed by atoms with Crippen molar-refractivity contribution < 1.29 is 14.7 Å². The number of hydrogen-bond acceptors (Lipinski definition) is 3. The van der Waals surface area contributed by atoms with Gasteiger partial charge in [0, 0.05) is 18.9 Å². The van der Waals surface area contributed by atoms with Gasteiger partial charge in [-0.25, -0.2) is 0 Å². The lowest BCUT2D eigenvalue weighted by Crippen LogP contribution is -2.21. The Bertz CT molecular complexity index is 205. The molecule has 0 saturated carbocycles. The molecule has 0 amide bonds. The molecule has 0 bridgehead atoms. The number of carbonyl (C=O) groups excluding carboxylic acids is 2. The van der Waals surface area contributed by atoms with E-state index in [0.717, 1.165) is 0 Å². The highest BCUT2D eigenvalue weighted by Gasteiger charge is 2.21. The third-order valence-electron chi connectivity index (χ3n) is 1.76. The molecular formula is C8H10O3. The molecule has 0 aromatic heterocycles. The molecule has 0 saturated heterocycles. The quantitative estimate of drug-likeness (QED) is 0.613. The minimum absolute atomic E-state index is 0.0250. The number of aliphatic hydroxyl groups is 1. The number of allylic oxidation sites excluding steroid dienone is 2. The normalized spacial score (nSPS) is 24.3. The highest BCUT2D eigenvalue weighted by molar-refractivity contribution is 6.05. The van der Waals surface area contributed by atoms with Crippen LogP contribution in [0.3, 0.4) is 0 Å². The van der Waals surface area contributed by atoms with Crippen LogP contribution in [0.5, 0.6) is 0 Å². The first-order chi connectivity index (χ1) is 5.24. The summed E-state index contributed by atoms with van der Waals surface area (Å²) in [7, 11) is 0. The molecule has 11 heavy (non-hydrogen) atoms. The van der Waals surface area contributed by atoms with Gasteiger partial charge in [-0.2, -0.15) is 0 Å². The first-order valence-corrected chi connectivity index (χ1v) is 3.59. The molecule has 1 N–H and O–H groups in total. The Morgan fingerprint density at radius 2 is 2.18 bits per heavy atom. The van der Waals surface area contributed by atoms with Gasteiger partial charge in [0.05, 0.1) is 0 Å². The van der Waals surface area contributed by atoms with E-state index < -0.39 is 0 Å². The smallest absolute Gasteiger partial charge is 0.159 e. The van der Waals surface area contributed by atoms with Crippen LogP contribution in [0.4, 0.5) is 0 Å². The summed E-state index contributed by atoms with van der Waals surface area (Å²) >= 11 is 0. The molecule has 0 aromatic rings. The Kier molecular flexibility index (Phi) is 2.54. The highest BCUT2D eigenvalue weighted by Crippen LogP contribution is 2.15. The van der Waals surface area contributed by atoms with E-state index in [0.29, 0.717) is 6.42 Å². The average molecular weight is 154 g/mol. The van der Waals surface area contributed by atoms with Crippen molar-refractivity contribution in [3.63, 3.8) is 0 Å². The Labute approximate surface area is 64.7 Å². The molecule has 1 rings (SSSR count). The van der Waals surface area contributed by atoms with Gasteiger partial charge >= 0.3 is 0 Å². The van der Waals surface area contributed by atoms with Gasteiger partial charge in [0.25, 0.3) is 0 Å². The fourth-order valence-corrected chi connectivity index (χ4v) is 1.12. The van der Waals surface area contributed by atoms with Crippen LogP contribution in [-0.2, 0) is 9.59 Å². The van der Waals surface area contributed by atoms with Crippen molar-refractivity contribution in [3.8, 4) is 0 Å². The van der Waals surface area contributed by atoms with Crippen LogP contribution in [-0.4, -0.2) is 23.3 Å². The second-order valence-corrected chi connectivity index (χ2v) is 2.62. The molecule has 0 aromatic carbocycles. The van der Waals surface area contributed by atoms with E-state index in [2.05, 4.69) is 0 Å². The molecule has 0 spiro atoms. The Morgan fingerprint density at radius 3 is 2.82 bits per heavy atom. The third-order valence-corrected chi connectivity index (χ3v) is 1.76. The largest absolute Gasteiger partial charge is 0.396 e. The number of carbonyl (C=O) groups is 2. The molecule has 1 aliphatic rings. The molecule has 0 fully saturated rings. The van der Waals surface area contributed by atoms with Crippen molar-refractivity contribution in [2.24, 2.45) is 5.92 Å². The first-order valence-electron chi connectivity index (χ1n) is 3.59.